The molecule has 1 N–H and O–H groups in total. The summed E-state index contributed by atoms with van der Waals surface area (Å²) in [5.74, 6) is -0.662. The Morgan fingerprint density at radius 3 is 2.44 bits per heavy atom. The summed E-state index contributed by atoms with van der Waals surface area (Å²) >= 11 is 0. The Balaban J connectivity index is 1.75. The number of halogens is 2. The van der Waals surface area contributed by atoms with Crippen LogP contribution < -0.4 is 14.8 Å². The van der Waals surface area contributed by atoms with Gasteiger partial charge < -0.3 is 19.2 Å². The quantitative estimate of drug-likeness (QED) is 0.322. The lowest BCUT2D eigenvalue weighted by molar-refractivity contribution is -0.111. The molecule has 1 amide bonds. The standard InChI is InChI=1S/C27H23F2NO4/c1-15(11-25(31)30-24-12-18(28)7-10-23(24)29)20-13-21-22(17-5-8-19(32-3)9-6-17)14-34-27(21)16(2)26(20)33-4/h5-14H,1-4H3,(H,30,31)/b15-11+. The fourth-order valence-electron chi connectivity index (χ4n) is 3.90. The number of nitrogens with one attached hydrogen (secondary N) is 1. The molecule has 0 unspecified atom stereocenters. The number of amides is 1. The van der Waals surface area contributed by atoms with Gasteiger partial charge in [0.05, 0.1) is 26.2 Å². The van der Waals surface area contributed by atoms with E-state index in [0.29, 0.717) is 22.5 Å². The van der Waals surface area contributed by atoms with Gasteiger partial charge in [0, 0.05) is 34.2 Å². The summed E-state index contributed by atoms with van der Waals surface area (Å²) in [7, 11) is 3.15. The smallest absolute Gasteiger partial charge is 0.248 e. The molecule has 1 heterocycles. The number of aryl methyl sites for hydroxylation is 1. The van der Waals surface area contributed by atoms with Crippen LogP contribution in [0.2, 0.25) is 0 Å². The Hall–Kier alpha value is -4.13. The number of ether oxygens (including phenoxy) is 2. The molecule has 7 heteroatoms. The second kappa shape index (κ2) is 9.39. The molecule has 0 saturated heterocycles. The van der Waals surface area contributed by atoms with Gasteiger partial charge in [0.25, 0.3) is 0 Å². The highest BCUT2D eigenvalue weighted by molar-refractivity contribution is 6.06. The second-order valence-corrected chi connectivity index (χ2v) is 7.78. The summed E-state index contributed by atoms with van der Waals surface area (Å²) in [6, 6.07) is 12.4. The van der Waals surface area contributed by atoms with Gasteiger partial charge in [0.15, 0.2) is 0 Å². The van der Waals surface area contributed by atoms with Crippen molar-refractivity contribution in [1.82, 2.24) is 0 Å². The Kier molecular flexibility index (Phi) is 6.36. The third kappa shape index (κ3) is 4.37. The number of carbonyl (C=O) groups is 1. The van der Waals surface area contributed by atoms with E-state index in [9.17, 15) is 13.6 Å². The summed E-state index contributed by atoms with van der Waals surface area (Å²) in [4.78, 5) is 12.6. The number of hydrogen-bond acceptors (Lipinski definition) is 4. The Morgan fingerprint density at radius 2 is 1.76 bits per heavy atom. The first-order valence-electron chi connectivity index (χ1n) is 10.5. The normalized spacial score (nSPS) is 11.5. The van der Waals surface area contributed by atoms with Crippen molar-refractivity contribution in [2.24, 2.45) is 0 Å². The number of anilines is 1. The number of benzene rings is 3. The molecule has 0 aliphatic rings. The third-order valence-corrected chi connectivity index (χ3v) is 5.61. The predicted molar refractivity (Wildman–Crippen MR) is 128 cm³/mol. The average Bonchev–Trinajstić information content (AvgIpc) is 3.25. The van der Waals surface area contributed by atoms with E-state index in [1.54, 1.807) is 27.4 Å². The summed E-state index contributed by atoms with van der Waals surface area (Å²) in [6.45, 7) is 3.62. The predicted octanol–water partition coefficient (Wildman–Crippen LogP) is 6.75. The van der Waals surface area contributed by atoms with Crippen molar-refractivity contribution in [3.8, 4) is 22.6 Å². The lowest BCUT2D eigenvalue weighted by Crippen LogP contribution is -2.10. The third-order valence-electron chi connectivity index (χ3n) is 5.61. The highest BCUT2D eigenvalue weighted by Crippen LogP contribution is 2.40. The van der Waals surface area contributed by atoms with Crippen LogP contribution in [0.5, 0.6) is 11.5 Å². The summed E-state index contributed by atoms with van der Waals surface area (Å²) in [6.07, 6.45) is 3.00. The van der Waals surface area contributed by atoms with Gasteiger partial charge in [-0.3, -0.25) is 4.79 Å². The van der Waals surface area contributed by atoms with Gasteiger partial charge in [-0.1, -0.05) is 12.1 Å². The highest BCUT2D eigenvalue weighted by Gasteiger charge is 2.19. The van der Waals surface area contributed by atoms with Crippen molar-refractivity contribution >= 4 is 28.1 Å². The van der Waals surface area contributed by atoms with Crippen molar-refractivity contribution in [3.05, 3.63) is 83.6 Å². The number of allylic oxidation sites excluding steroid dienone is 1. The maximum atomic E-state index is 13.9. The first-order chi connectivity index (χ1) is 16.3. The zero-order valence-electron chi connectivity index (χ0n) is 19.2. The minimum Gasteiger partial charge on any atom is -0.497 e. The number of hydrogen-bond donors (Lipinski definition) is 1. The van der Waals surface area contributed by atoms with Crippen LogP contribution in [0.3, 0.4) is 0 Å². The van der Waals surface area contributed by atoms with E-state index in [1.165, 1.54) is 6.08 Å². The minimum atomic E-state index is -0.724. The molecule has 4 rings (SSSR count). The SMILES string of the molecule is COc1ccc(-c2coc3c(C)c(OC)c(/C(C)=C/C(=O)Nc4cc(F)ccc4F)cc23)cc1. The molecule has 0 radical (unpaired) electrons. The molecule has 5 nitrogen and oxygen atoms in total. The molecule has 0 fully saturated rings. The van der Waals surface area contributed by atoms with Gasteiger partial charge in [0.1, 0.15) is 28.7 Å². The molecule has 0 saturated carbocycles. The van der Waals surface area contributed by atoms with E-state index >= 15 is 0 Å². The number of fused-ring (bicyclic) bond motifs is 1. The fraction of sp³-hybridized carbons (Fsp3) is 0.148. The number of carbonyl (C=O) groups excluding carboxylic acids is 1. The first-order valence-corrected chi connectivity index (χ1v) is 10.5. The van der Waals surface area contributed by atoms with Crippen molar-refractivity contribution in [1.29, 1.82) is 0 Å². The number of furan rings is 1. The maximum absolute atomic E-state index is 13.9. The molecular formula is C27H23F2NO4. The molecule has 0 aliphatic carbocycles. The summed E-state index contributed by atoms with van der Waals surface area (Å²) in [5.41, 5.74) is 4.30. The van der Waals surface area contributed by atoms with E-state index in [4.69, 9.17) is 13.9 Å². The van der Waals surface area contributed by atoms with Crippen LogP contribution in [0, 0.1) is 18.6 Å². The van der Waals surface area contributed by atoms with Crippen LogP contribution in [0.25, 0.3) is 27.7 Å². The van der Waals surface area contributed by atoms with Gasteiger partial charge in [-0.15, -0.1) is 0 Å². The average molecular weight is 463 g/mol. The molecule has 0 aliphatic heterocycles. The topological polar surface area (TPSA) is 60.7 Å². The van der Waals surface area contributed by atoms with Gasteiger partial charge in [-0.2, -0.15) is 0 Å². The zero-order valence-corrected chi connectivity index (χ0v) is 19.2. The van der Waals surface area contributed by atoms with E-state index in [-0.39, 0.29) is 5.69 Å². The van der Waals surface area contributed by atoms with Crippen molar-refractivity contribution in [2.75, 3.05) is 19.5 Å². The molecule has 0 spiro atoms. The lowest BCUT2D eigenvalue weighted by atomic mass is 9.96. The van der Waals surface area contributed by atoms with Crippen LogP contribution in [0.15, 0.2) is 65.3 Å². The largest absolute Gasteiger partial charge is 0.497 e. The Bertz CT molecular complexity index is 1400. The van der Waals surface area contributed by atoms with Gasteiger partial charge in [-0.05, 0) is 55.3 Å². The lowest BCUT2D eigenvalue weighted by Gasteiger charge is -2.13. The zero-order chi connectivity index (χ0) is 24.4. The Morgan fingerprint density at radius 1 is 1.03 bits per heavy atom. The van der Waals surface area contributed by atoms with Crippen LogP contribution in [0.1, 0.15) is 18.1 Å². The van der Waals surface area contributed by atoms with Crippen molar-refractivity contribution in [3.63, 3.8) is 0 Å². The van der Waals surface area contributed by atoms with Crippen LogP contribution in [0.4, 0.5) is 14.5 Å². The van der Waals surface area contributed by atoms with E-state index in [0.717, 1.165) is 46.0 Å². The molecule has 3 aromatic carbocycles. The maximum Gasteiger partial charge on any atom is 0.248 e. The molecule has 4 aromatic rings. The van der Waals surface area contributed by atoms with Crippen molar-refractivity contribution < 1.29 is 27.5 Å². The molecule has 174 valence electrons. The molecule has 1 aromatic heterocycles. The number of rotatable bonds is 6. The summed E-state index contributed by atoms with van der Waals surface area (Å²) in [5, 5.41) is 3.23. The van der Waals surface area contributed by atoms with Gasteiger partial charge in [0.2, 0.25) is 5.91 Å². The monoisotopic (exact) mass is 463 g/mol. The first kappa shape index (κ1) is 23.0. The van der Waals surface area contributed by atoms with E-state index in [2.05, 4.69) is 5.32 Å². The summed E-state index contributed by atoms with van der Waals surface area (Å²) < 4.78 is 44.1. The Labute approximate surface area is 195 Å². The van der Waals surface area contributed by atoms with Gasteiger partial charge >= 0.3 is 0 Å². The number of methoxy groups -OCH3 is 2. The second-order valence-electron chi connectivity index (χ2n) is 7.78. The molecule has 34 heavy (non-hydrogen) atoms. The van der Waals surface area contributed by atoms with Gasteiger partial charge in [-0.25, -0.2) is 8.78 Å². The molecule has 0 bridgehead atoms. The highest BCUT2D eigenvalue weighted by atomic mass is 19.1. The fourth-order valence-corrected chi connectivity index (χ4v) is 3.90. The van der Waals surface area contributed by atoms with E-state index < -0.39 is 17.5 Å². The molecular weight excluding hydrogens is 440 g/mol. The van der Waals surface area contributed by atoms with Crippen LogP contribution in [-0.4, -0.2) is 20.1 Å². The van der Waals surface area contributed by atoms with Crippen LogP contribution in [-0.2, 0) is 4.79 Å². The van der Waals surface area contributed by atoms with Crippen LogP contribution >= 0.6 is 0 Å². The van der Waals surface area contributed by atoms with Crippen molar-refractivity contribution in [2.45, 2.75) is 13.8 Å². The van der Waals surface area contributed by atoms with E-state index in [1.807, 2.05) is 37.3 Å². The molecule has 0 atom stereocenters. The minimum absolute atomic E-state index is 0.232.